The van der Waals surface area contributed by atoms with Gasteiger partial charge in [0, 0.05) is 0 Å². The van der Waals surface area contributed by atoms with E-state index in [1.54, 1.807) is 12.1 Å². The van der Waals surface area contributed by atoms with Crippen molar-refractivity contribution in [3.8, 4) is 11.1 Å². The van der Waals surface area contributed by atoms with Gasteiger partial charge in [0.05, 0.1) is 12.0 Å². The van der Waals surface area contributed by atoms with Crippen LogP contribution in [-0.4, -0.2) is 28.1 Å². The predicted octanol–water partition coefficient (Wildman–Crippen LogP) is 2.71. The number of carbonyl (C=O) groups is 3. The van der Waals surface area contributed by atoms with E-state index in [1.165, 1.54) is 6.92 Å². The Balaban J connectivity index is 2.25. The fourth-order valence-electron chi connectivity index (χ4n) is 2.49. The van der Waals surface area contributed by atoms with E-state index in [4.69, 9.17) is 10.2 Å². The van der Waals surface area contributed by atoms with Crippen LogP contribution in [0, 0.1) is 5.92 Å². The minimum absolute atomic E-state index is 0.0963. The van der Waals surface area contributed by atoms with E-state index < -0.39 is 29.8 Å². The van der Waals surface area contributed by atoms with Crippen LogP contribution in [0.5, 0.6) is 0 Å². The van der Waals surface area contributed by atoms with Gasteiger partial charge in [0.25, 0.3) is 0 Å². The summed E-state index contributed by atoms with van der Waals surface area (Å²) in [6.07, 6.45) is 0.0963. The molecule has 2 atom stereocenters. The second-order valence-electron chi connectivity index (χ2n) is 5.79. The normalized spacial score (nSPS) is 12.8. The molecule has 0 bridgehead atoms. The largest absolute Gasteiger partial charge is 0.481 e. The lowest BCUT2D eigenvalue weighted by atomic mass is 9.94. The van der Waals surface area contributed by atoms with Crippen LogP contribution in [0.2, 0.25) is 0 Å². The van der Waals surface area contributed by atoms with Gasteiger partial charge in [-0.05, 0) is 23.1 Å². The van der Waals surface area contributed by atoms with Crippen molar-refractivity contribution in [2.75, 3.05) is 0 Å². The Kier molecular flexibility index (Phi) is 5.89. The Hall–Kier alpha value is -3.15. The highest BCUT2D eigenvalue weighted by Crippen LogP contribution is 2.25. The first kappa shape index (κ1) is 18.2. The van der Waals surface area contributed by atoms with Crippen molar-refractivity contribution in [2.45, 2.75) is 19.4 Å². The monoisotopic (exact) mass is 341 g/mol. The Labute approximate surface area is 145 Å². The number of amides is 1. The van der Waals surface area contributed by atoms with Gasteiger partial charge in [-0.25, -0.2) is 4.79 Å². The predicted molar refractivity (Wildman–Crippen MR) is 91.8 cm³/mol. The average Bonchev–Trinajstić information content (AvgIpc) is 2.61. The first-order valence-corrected chi connectivity index (χ1v) is 7.80. The molecule has 0 aliphatic heterocycles. The van der Waals surface area contributed by atoms with Crippen LogP contribution < -0.4 is 5.32 Å². The molecule has 0 saturated heterocycles. The maximum absolute atomic E-state index is 11.5. The van der Waals surface area contributed by atoms with Crippen molar-refractivity contribution in [2.24, 2.45) is 5.92 Å². The Morgan fingerprint density at radius 3 is 2.00 bits per heavy atom. The van der Waals surface area contributed by atoms with E-state index in [1.807, 2.05) is 42.5 Å². The summed E-state index contributed by atoms with van der Waals surface area (Å²) in [6.45, 7) is 1.51. The number of carboxylic acids is 2. The molecule has 0 aliphatic carbocycles. The molecule has 0 radical (unpaired) electrons. The summed E-state index contributed by atoms with van der Waals surface area (Å²) in [4.78, 5) is 33.4. The van der Waals surface area contributed by atoms with Crippen molar-refractivity contribution in [3.63, 3.8) is 0 Å². The molecule has 0 heterocycles. The number of benzene rings is 2. The number of aliphatic carboxylic acids is 2. The zero-order chi connectivity index (χ0) is 18.4. The van der Waals surface area contributed by atoms with Gasteiger partial charge in [0.1, 0.15) is 0 Å². The highest BCUT2D eigenvalue weighted by Gasteiger charge is 2.24. The molecule has 2 aromatic rings. The molecule has 0 unspecified atom stereocenters. The van der Waals surface area contributed by atoms with E-state index in [2.05, 4.69) is 5.32 Å². The Morgan fingerprint density at radius 2 is 1.48 bits per heavy atom. The summed E-state index contributed by atoms with van der Waals surface area (Å²) in [5, 5.41) is 20.2. The van der Waals surface area contributed by atoms with Crippen molar-refractivity contribution < 1.29 is 24.6 Å². The van der Waals surface area contributed by atoms with Crippen LogP contribution in [0.15, 0.2) is 54.6 Å². The molecule has 2 aromatic carbocycles. The SMILES string of the molecule is C[C@H](C[C@H](NC(=O)C(=O)O)c1ccc(-c2ccccc2)cc1)C(=O)O. The molecule has 0 fully saturated rings. The Bertz CT molecular complexity index is 755. The van der Waals surface area contributed by atoms with E-state index in [0.29, 0.717) is 5.56 Å². The first-order valence-electron chi connectivity index (χ1n) is 7.80. The average molecular weight is 341 g/mol. The zero-order valence-corrected chi connectivity index (χ0v) is 13.7. The molecule has 6 heteroatoms. The fraction of sp³-hybridized carbons (Fsp3) is 0.211. The highest BCUT2D eigenvalue weighted by molar-refractivity contribution is 6.31. The summed E-state index contributed by atoms with van der Waals surface area (Å²) in [5.74, 6) is -4.49. The van der Waals surface area contributed by atoms with Gasteiger partial charge in [-0.3, -0.25) is 9.59 Å². The molecule has 1 amide bonds. The smallest absolute Gasteiger partial charge is 0.394 e. The second kappa shape index (κ2) is 8.10. The first-order chi connectivity index (χ1) is 11.9. The standard InChI is InChI=1S/C19H19NO5/c1-12(18(22)23)11-16(20-17(21)19(24)25)15-9-7-14(8-10-15)13-5-3-2-4-6-13/h2-10,12,16H,11H2,1H3,(H,20,21)(H,22,23)(H,24,25)/t12-,16+/m1/s1. The van der Waals surface area contributed by atoms with E-state index in [9.17, 15) is 14.4 Å². The van der Waals surface area contributed by atoms with Gasteiger partial charge in [-0.1, -0.05) is 61.5 Å². The van der Waals surface area contributed by atoms with E-state index >= 15 is 0 Å². The van der Waals surface area contributed by atoms with Gasteiger partial charge >= 0.3 is 17.8 Å². The fourth-order valence-corrected chi connectivity index (χ4v) is 2.49. The second-order valence-corrected chi connectivity index (χ2v) is 5.79. The number of hydrogen-bond acceptors (Lipinski definition) is 3. The number of carbonyl (C=O) groups excluding carboxylic acids is 1. The Morgan fingerprint density at radius 1 is 0.920 bits per heavy atom. The highest BCUT2D eigenvalue weighted by atomic mass is 16.4. The van der Waals surface area contributed by atoms with Crippen LogP contribution in [0.4, 0.5) is 0 Å². The number of nitrogens with one attached hydrogen (secondary N) is 1. The summed E-state index contributed by atoms with van der Waals surface area (Å²) in [5.41, 5.74) is 2.65. The lowest BCUT2D eigenvalue weighted by Gasteiger charge is -2.20. The number of rotatable bonds is 6. The third kappa shape index (κ3) is 4.91. The van der Waals surface area contributed by atoms with Crippen molar-refractivity contribution in [1.82, 2.24) is 5.32 Å². The maximum atomic E-state index is 11.5. The number of hydrogen-bond donors (Lipinski definition) is 3. The van der Waals surface area contributed by atoms with Crippen molar-refractivity contribution in [3.05, 3.63) is 60.2 Å². The van der Waals surface area contributed by atoms with Crippen LogP contribution >= 0.6 is 0 Å². The zero-order valence-electron chi connectivity index (χ0n) is 13.7. The van der Waals surface area contributed by atoms with Gasteiger partial charge in [-0.2, -0.15) is 0 Å². The van der Waals surface area contributed by atoms with Crippen LogP contribution in [0.1, 0.15) is 24.9 Å². The molecule has 2 rings (SSSR count). The lowest BCUT2D eigenvalue weighted by Crippen LogP contribution is -2.35. The van der Waals surface area contributed by atoms with Gasteiger partial charge in [0.2, 0.25) is 0 Å². The van der Waals surface area contributed by atoms with Crippen molar-refractivity contribution in [1.29, 1.82) is 0 Å². The minimum atomic E-state index is -1.60. The van der Waals surface area contributed by atoms with E-state index in [0.717, 1.165) is 11.1 Å². The molecule has 0 spiro atoms. The van der Waals surface area contributed by atoms with E-state index in [-0.39, 0.29) is 6.42 Å². The molecule has 6 nitrogen and oxygen atoms in total. The summed E-state index contributed by atoms with van der Waals surface area (Å²) in [7, 11) is 0. The molecular weight excluding hydrogens is 322 g/mol. The van der Waals surface area contributed by atoms with Gasteiger partial charge in [-0.15, -0.1) is 0 Å². The summed E-state index contributed by atoms with van der Waals surface area (Å²) in [6, 6.07) is 16.2. The molecule has 0 aromatic heterocycles. The number of carboxylic acid groups (broad SMARTS) is 2. The van der Waals surface area contributed by atoms with Gasteiger partial charge in [0.15, 0.2) is 0 Å². The van der Waals surface area contributed by atoms with Crippen LogP contribution in [0.25, 0.3) is 11.1 Å². The summed E-state index contributed by atoms with van der Waals surface area (Å²) >= 11 is 0. The molecule has 25 heavy (non-hydrogen) atoms. The minimum Gasteiger partial charge on any atom is -0.481 e. The molecule has 3 N–H and O–H groups in total. The quantitative estimate of drug-likeness (QED) is 0.701. The molecule has 0 saturated carbocycles. The molecule has 0 aliphatic rings. The van der Waals surface area contributed by atoms with Gasteiger partial charge < -0.3 is 15.5 Å². The van der Waals surface area contributed by atoms with Crippen molar-refractivity contribution >= 4 is 17.8 Å². The maximum Gasteiger partial charge on any atom is 0.394 e. The van der Waals surface area contributed by atoms with Crippen LogP contribution in [0.3, 0.4) is 0 Å². The van der Waals surface area contributed by atoms with Crippen LogP contribution in [-0.2, 0) is 14.4 Å². The molecular formula is C19H19NO5. The lowest BCUT2D eigenvalue weighted by molar-refractivity contribution is -0.150. The third-order valence-corrected chi connectivity index (χ3v) is 3.93. The third-order valence-electron chi connectivity index (χ3n) is 3.93. The topological polar surface area (TPSA) is 104 Å². The summed E-state index contributed by atoms with van der Waals surface area (Å²) < 4.78 is 0. The molecule has 130 valence electrons.